The van der Waals surface area contributed by atoms with E-state index < -0.39 is 0 Å². The van der Waals surface area contributed by atoms with Crippen molar-refractivity contribution in [2.24, 2.45) is 5.92 Å². The van der Waals surface area contributed by atoms with E-state index in [-0.39, 0.29) is 6.61 Å². The van der Waals surface area contributed by atoms with Crippen LogP contribution in [0.2, 0.25) is 0 Å². The zero-order chi connectivity index (χ0) is 13.7. The van der Waals surface area contributed by atoms with Crippen LogP contribution in [0, 0.1) is 17.2 Å². The number of nitrogens with zero attached hydrogens (tertiary/aromatic N) is 2. The van der Waals surface area contributed by atoms with Crippen LogP contribution in [0.3, 0.4) is 0 Å². The molecule has 1 aliphatic rings. The van der Waals surface area contributed by atoms with Crippen molar-refractivity contribution in [1.29, 1.82) is 5.26 Å². The molecule has 1 aliphatic heterocycles. The van der Waals surface area contributed by atoms with Crippen LogP contribution in [-0.4, -0.2) is 36.8 Å². The van der Waals surface area contributed by atoms with Crippen LogP contribution in [-0.2, 0) is 6.54 Å². The highest BCUT2D eigenvalue weighted by molar-refractivity contribution is 5.42. The van der Waals surface area contributed by atoms with Crippen LogP contribution in [0.1, 0.15) is 24.0 Å². The number of hydrogen-bond acceptors (Lipinski definition) is 4. The minimum atomic E-state index is 0.265. The van der Waals surface area contributed by atoms with Gasteiger partial charge < -0.3 is 9.84 Å². The van der Waals surface area contributed by atoms with Gasteiger partial charge in [0.15, 0.2) is 0 Å². The van der Waals surface area contributed by atoms with Crippen LogP contribution in [0.25, 0.3) is 0 Å². The van der Waals surface area contributed by atoms with Gasteiger partial charge in [0.2, 0.25) is 0 Å². The van der Waals surface area contributed by atoms with Crippen molar-refractivity contribution in [2.45, 2.75) is 19.4 Å². The van der Waals surface area contributed by atoms with E-state index in [9.17, 15) is 5.11 Å². The number of methoxy groups -OCH3 is 1. The first kappa shape index (κ1) is 13.9. The number of nitriles is 1. The largest absolute Gasteiger partial charge is 0.496 e. The van der Waals surface area contributed by atoms with Gasteiger partial charge in [-0.3, -0.25) is 4.90 Å². The van der Waals surface area contributed by atoms with E-state index in [1.807, 2.05) is 12.1 Å². The predicted molar refractivity (Wildman–Crippen MR) is 72.8 cm³/mol. The molecule has 19 heavy (non-hydrogen) atoms. The lowest BCUT2D eigenvalue weighted by Gasteiger charge is -2.32. The molecule has 0 aliphatic carbocycles. The number of likely N-dealkylation sites (tertiary alicyclic amines) is 1. The average molecular weight is 260 g/mol. The molecule has 1 aromatic rings. The zero-order valence-corrected chi connectivity index (χ0v) is 11.3. The van der Waals surface area contributed by atoms with Gasteiger partial charge in [0, 0.05) is 25.3 Å². The molecule has 1 atom stereocenters. The number of rotatable bonds is 4. The van der Waals surface area contributed by atoms with Gasteiger partial charge in [-0.2, -0.15) is 5.26 Å². The number of hydrogen-bond donors (Lipinski definition) is 1. The summed E-state index contributed by atoms with van der Waals surface area (Å²) in [5, 5.41) is 18.1. The summed E-state index contributed by atoms with van der Waals surface area (Å²) in [5.41, 5.74) is 1.72. The second kappa shape index (κ2) is 6.55. The quantitative estimate of drug-likeness (QED) is 0.896. The standard InChI is InChI=1S/C15H20N2O2/c1-19-15-7-12(8-16)4-5-14(15)10-17-6-2-3-13(9-17)11-18/h4-5,7,13,18H,2-3,6,9-11H2,1H3. The number of ether oxygens (including phenoxy) is 1. The molecule has 102 valence electrons. The first-order valence-corrected chi connectivity index (χ1v) is 6.67. The fourth-order valence-corrected chi connectivity index (χ4v) is 2.63. The van der Waals surface area contributed by atoms with Gasteiger partial charge >= 0.3 is 0 Å². The highest BCUT2D eigenvalue weighted by Gasteiger charge is 2.20. The molecule has 1 fully saturated rings. The van der Waals surface area contributed by atoms with Crippen LogP contribution >= 0.6 is 0 Å². The Labute approximate surface area is 114 Å². The van der Waals surface area contributed by atoms with Crippen molar-refractivity contribution in [2.75, 3.05) is 26.8 Å². The molecule has 0 saturated carbocycles. The first-order valence-electron chi connectivity index (χ1n) is 6.67. The lowest BCUT2D eigenvalue weighted by atomic mass is 9.98. The average Bonchev–Trinajstić information content (AvgIpc) is 2.48. The van der Waals surface area contributed by atoms with E-state index in [0.717, 1.165) is 43.8 Å². The Balaban J connectivity index is 2.08. The predicted octanol–water partition coefficient (Wildman–Crippen LogP) is 1.77. The van der Waals surface area contributed by atoms with E-state index in [0.29, 0.717) is 11.5 Å². The Kier molecular flexibility index (Phi) is 4.78. The highest BCUT2D eigenvalue weighted by Crippen LogP contribution is 2.24. The third kappa shape index (κ3) is 3.46. The molecule has 0 aromatic heterocycles. The Morgan fingerprint density at radius 2 is 2.37 bits per heavy atom. The third-order valence-corrected chi connectivity index (χ3v) is 3.67. The summed E-state index contributed by atoms with van der Waals surface area (Å²) in [7, 11) is 1.63. The molecule has 1 saturated heterocycles. The van der Waals surface area contributed by atoms with Gasteiger partial charge in [-0.1, -0.05) is 6.07 Å². The van der Waals surface area contributed by atoms with Crippen molar-refractivity contribution in [3.8, 4) is 11.8 Å². The van der Waals surface area contributed by atoms with E-state index in [1.165, 1.54) is 0 Å². The Hall–Kier alpha value is -1.57. The molecule has 1 aromatic carbocycles. The molecule has 0 spiro atoms. The van der Waals surface area contributed by atoms with Crippen molar-refractivity contribution in [3.05, 3.63) is 29.3 Å². The van der Waals surface area contributed by atoms with Crippen molar-refractivity contribution < 1.29 is 9.84 Å². The van der Waals surface area contributed by atoms with Gasteiger partial charge in [-0.15, -0.1) is 0 Å². The van der Waals surface area contributed by atoms with Crippen LogP contribution in [0.4, 0.5) is 0 Å². The molecule has 2 rings (SSSR count). The van der Waals surface area contributed by atoms with Crippen LogP contribution in [0.15, 0.2) is 18.2 Å². The molecule has 0 amide bonds. The second-order valence-corrected chi connectivity index (χ2v) is 5.06. The van der Waals surface area contributed by atoms with Crippen molar-refractivity contribution >= 4 is 0 Å². The van der Waals surface area contributed by atoms with E-state index in [1.54, 1.807) is 13.2 Å². The van der Waals surface area contributed by atoms with Crippen LogP contribution in [0.5, 0.6) is 5.75 Å². The van der Waals surface area contributed by atoms with Crippen molar-refractivity contribution in [1.82, 2.24) is 4.90 Å². The third-order valence-electron chi connectivity index (χ3n) is 3.67. The molecule has 4 nitrogen and oxygen atoms in total. The van der Waals surface area contributed by atoms with Gasteiger partial charge in [0.25, 0.3) is 0 Å². The maximum Gasteiger partial charge on any atom is 0.124 e. The molecule has 1 heterocycles. The summed E-state index contributed by atoms with van der Waals surface area (Å²) < 4.78 is 5.36. The number of aliphatic hydroxyl groups is 1. The minimum absolute atomic E-state index is 0.265. The summed E-state index contributed by atoms with van der Waals surface area (Å²) in [4.78, 5) is 2.34. The summed E-state index contributed by atoms with van der Waals surface area (Å²) in [6.45, 7) is 3.06. The Morgan fingerprint density at radius 1 is 1.53 bits per heavy atom. The van der Waals surface area contributed by atoms with Crippen LogP contribution < -0.4 is 4.74 Å². The highest BCUT2D eigenvalue weighted by atomic mass is 16.5. The molecule has 0 bridgehead atoms. The summed E-state index contributed by atoms with van der Waals surface area (Å²) >= 11 is 0. The monoisotopic (exact) mass is 260 g/mol. The molecule has 4 heteroatoms. The SMILES string of the molecule is COc1cc(C#N)ccc1CN1CCCC(CO)C1. The topological polar surface area (TPSA) is 56.5 Å². The van der Waals surface area contributed by atoms with Gasteiger partial charge in [-0.05, 0) is 37.4 Å². The molecule has 1 N–H and O–H groups in total. The fourth-order valence-electron chi connectivity index (χ4n) is 2.63. The molecule has 1 unspecified atom stereocenters. The summed E-state index contributed by atoms with van der Waals surface area (Å²) in [6.07, 6.45) is 2.24. The van der Waals surface area contributed by atoms with E-state index >= 15 is 0 Å². The van der Waals surface area contributed by atoms with Gasteiger partial charge in [0.05, 0.1) is 18.7 Å². The Morgan fingerprint density at radius 3 is 3.05 bits per heavy atom. The lowest BCUT2D eigenvalue weighted by Crippen LogP contribution is -2.36. The summed E-state index contributed by atoms with van der Waals surface area (Å²) in [6, 6.07) is 7.69. The van der Waals surface area contributed by atoms with Gasteiger partial charge in [-0.25, -0.2) is 0 Å². The van der Waals surface area contributed by atoms with E-state index in [4.69, 9.17) is 10.00 Å². The number of benzene rings is 1. The first-order chi connectivity index (χ1) is 9.26. The second-order valence-electron chi connectivity index (χ2n) is 5.06. The van der Waals surface area contributed by atoms with Gasteiger partial charge in [0.1, 0.15) is 5.75 Å². The Bertz CT molecular complexity index is 468. The van der Waals surface area contributed by atoms with Crippen molar-refractivity contribution in [3.63, 3.8) is 0 Å². The molecule has 0 radical (unpaired) electrons. The van der Waals surface area contributed by atoms with E-state index in [2.05, 4.69) is 11.0 Å². The maximum absolute atomic E-state index is 9.26. The maximum atomic E-state index is 9.26. The summed E-state index contributed by atoms with van der Waals surface area (Å²) in [5.74, 6) is 1.16. The fraction of sp³-hybridized carbons (Fsp3) is 0.533. The number of aliphatic hydroxyl groups excluding tert-OH is 1. The molecular weight excluding hydrogens is 240 g/mol. The minimum Gasteiger partial charge on any atom is -0.496 e. The smallest absolute Gasteiger partial charge is 0.124 e. The lowest BCUT2D eigenvalue weighted by molar-refractivity contribution is 0.115. The zero-order valence-electron chi connectivity index (χ0n) is 11.3. The molecular formula is C15H20N2O2. The normalized spacial score (nSPS) is 19.9. The number of piperidine rings is 1.